The minimum Gasteiger partial charge on any atom is -0.337 e. The normalized spacial score (nSPS) is 17.8. The summed E-state index contributed by atoms with van der Waals surface area (Å²) in [5.74, 6) is 0.907. The van der Waals surface area contributed by atoms with E-state index in [1.54, 1.807) is 24.1 Å². The van der Waals surface area contributed by atoms with E-state index >= 15 is 0 Å². The number of hydrogen-bond donors (Lipinski definition) is 0. The van der Waals surface area contributed by atoms with Crippen molar-refractivity contribution >= 4 is 5.91 Å². The van der Waals surface area contributed by atoms with Crippen molar-refractivity contribution in [2.75, 3.05) is 13.6 Å². The lowest BCUT2D eigenvalue weighted by molar-refractivity contribution is -0.135. The predicted octanol–water partition coefficient (Wildman–Crippen LogP) is 2.39. The van der Waals surface area contributed by atoms with Gasteiger partial charge in [0.2, 0.25) is 11.8 Å². The second-order valence-electron chi connectivity index (χ2n) is 6.41. The Morgan fingerprint density at radius 1 is 1.40 bits per heavy atom. The number of carbonyl (C=O) groups excluding carboxylic acids is 1. The van der Waals surface area contributed by atoms with Crippen molar-refractivity contribution < 1.29 is 13.7 Å². The first-order chi connectivity index (χ1) is 12.1. The maximum absolute atomic E-state index is 13.1. The van der Waals surface area contributed by atoms with Crippen LogP contribution in [0.2, 0.25) is 0 Å². The lowest BCUT2D eigenvalue weighted by Gasteiger charge is -2.27. The molecule has 1 aliphatic rings. The van der Waals surface area contributed by atoms with Crippen LogP contribution < -0.4 is 0 Å². The summed E-state index contributed by atoms with van der Waals surface area (Å²) in [6.45, 7) is 3.77. The highest BCUT2D eigenvalue weighted by molar-refractivity contribution is 5.81. The molecule has 1 amide bonds. The quantitative estimate of drug-likeness (QED) is 0.804. The SMILES string of the molecule is CCc1noc(CN(C)C(=O)[C@@H]2CCCN2Cc2ccc(F)cc2)n1. The molecular formula is C18H23FN4O2. The molecule has 0 aliphatic carbocycles. The van der Waals surface area contributed by atoms with Gasteiger partial charge in [0.05, 0.1) is 12.6 Å². The van der Waals surface area contributed by atoms with E-state index in [2.05, 4.69) is 15.0 Å². The van der Waals surface area contributed by atoms with Crippen molar-refractivity contribution in [1.29, 1.82) is 0 Å². The number of benzene rings is 1. The molecule has 25 heavy (non-hydrogen) atoms. The fourth-order valence-corrected chi connectivity index (χ4v) is 3.15. The Kier molecular flexibility index (Phi) is 5.43. The number of hydrogen-bond acceptors (Lipinski definition) is 5. The molecular weight excluding hydrogens is 323 g/mol. The van der Waals surface area contributed by atoms with Gasteiger partial charge in [-0.05, 0) is 37.1 Å². The fourth-order valence-electron chi connectivity index (χ4n) is 3.15. The predicted molar refractivity (Wildman–Crippen MR) is 90.0 cm³/mol. The van der Waals surface area contributed by atoms with E-state index in [0.717, 1.165) is 24.9 Å². The van der Waals surface area contributed by atoms with Crippen LogP contribution in [0.4, 0.5) is 4.39 Å². The molecule has 0 radical (unpaired) electrons. The van der Waals surface area contributed by atoms with E-state index in [9.17, 15) is 9.18 Å². The summed E-state index contributed by atoms with van der Waals surface area (Å²) >= 11 is 0. The molecule has 0 saturated carbocycles. The largest absolute Gasteiger partial charge is 0.337 e. The third-order valence-corrected chi connectivity index (χ3v) is 4.52. The maximum atomic E-state index is 13.1. The molecule has 3 rings (SSSR count). The molecule has 1 fully saturated rings. The van der Waals surface area contributed by atoms with Gasteiger partial charge in [-0.2, -0.15) is 4.98 Å². The Morgan fingerprint density at radius 3 is 2.84 bits per heavy atom. The van der Waals surface area contributed by atoms with Crippen molar-refractivity contribution in [2.24, 2.45) is 0 Å². The number of halogens is 1. The van der Waals surface area contributed by atoms with Crippen LogP contribution in [-0.4, -0.2) is 45.5 Å². The molecule has 0 bridgehead atoms. The van der Waals surface area contributed by atoms with Crippen LogP contribution >= 0.6 is 0 Å². The Hall–Kier alpha value is -2.28. The number of aryl methyl sites for hydroxylation is 1. The molecule has 1 aromatic heterocycles. The van der Waals surface area contributed by atoms with Gasteiger partial charge in [-0.3, -0.25) is 9.69 Å². The molecule has 1 aliphatic heterocycles. The monoisotopic (exact) mass is 346 g/mol. The van der Waals surface area contributed by atoms with Gasteiger partial charge in [0, 0.05) is 20.0 Å². The molecule has 7 heteroatoms. The van der Waals surface area contributed by atoms with Crippen molar-refractivity contribution in [3.63, 3.8) is 0 Å². The first kappa shape index (κ1) is 17.5. The number of carbonyl (C=O) groups is 1. The van der Waals surface area contributed by atoms with Crippen LogP contribution in [0.5, 0.6) is 0 Å². The Morgan fingerprint density at radius 2 is 2.16 bits per heavy atom. The lowest BCUT2D eigenvalue weighted by atomic mass is 10.1. The molecule has 0 unspecified atom stereocenters. The summed E-state index contributed by atoms with van der Waals surface area (Å²) in [5.41, 5.74) is 1.01. The molecule has 1 atom stereocenters. The maximum Gasteiger partial charge on any atom is 0.246 e. The number of nitrogens with zero attached hydrogens (tertiary/aromatic N) is 4. The van der Waals surface area contributed by atoms with Crippen LogP contribution in [0.3, 0.4) is 0 Å². The number of rotatable bonds is 6. The zero-order chi connectivity index (χ0) is 17.8. The minimum atomic E-state index is -0.247. The third-order valence-electron chi connectivity index (χ3n) is 4.52. The summed E-state index contributed by atoms with van der Waals surface area (Å²) in [6.07, 6.45) is 2.51. The van der Waals surface area contributed by atoms with Crippen LogP contribution in [-0.2, 0) is 24.3 Å². The van der Waals surface area contributed by atoms with E-state index < -0.39 is 0 Å². The average molecular weight is 346 g/mol. The van der Waals surface area contributed by atoms with Crippen molar-refractivity contribution in [1.82, 2.24) is 19.9 Å². The second kappa shape index (κ2) is 7.74. The third kappa shape index (κ3) is 4.22. The van der Waals surface area contributed by atoms with Crippen molar-refractivity contribution in [3.05, 3.63) is 47.4 Å². The Labute approximate surface area is 146 Å². The molecule has 0 spiro atoms. The van der Waals surface area contributed by atoms with Gasteiger partial charge in [0.25, 0.3) is 0 Å². The van der Waals surface area contributed by atoms with E-state index in [4.69, 9.17) is 4.52 Å². The number of likely N-dealkylation sites (N-methyl/N-ethyl adjacent to an activating group) is 1. The molecule has 134 valence electrons. The number of likely N-dealkylation sites (tertiary alicyclic amines) is 1. The van der Waals surface area contributed by atoms with E-state index in [0.29, 0.717) is 31.2 Å². The molecule has 0 N–H and O–H groups in total. The Bertz CT molecular complexity index is 716. The van der Waals surface area contributed by atoms with Crippen LogP contribution in [0, 0.1) is 5.82 Å². The average Bonchev–Trinajstić information content (AvgIpc) is 3.25. The molecule has 2 heterocycles. The second-order valence-corrected chi connectivity index (χ2v) is 6.41. The van der Waals surface area contributed by atoms with E-state index in [1.165, 1.54) is 12.1 Å². The first-order valence-corrected chi connectivity index (χ1v) is 8.61. The molecule has 1 saturated heterocycles. The highest BCUT2D eigenvalue weighted by Crippen LogP contribution is 2.22. The van der Waals surface area contributed by atoms with Gasteiger partial charge < -0.3 is 9.42 Å². The van der Waals surface area contributed by atoms with Crippen LogP contribution in [0.1, 0.15) is 37.0 Å². The number of amides is 1. The summed E-state index contributed by atoms with van der Waals surface area (Å²) < 4.78 is 18.2. The van der Waals surface area contributed by atoms with Crippen LogP contribution in [0.25, 0.3) is 0 Å². The summed E-state index contributed by atoms with van der Waals surface area (Å²) in [6, 6.07) is 6.28. The van der Waals surface area contributed by atoms with Crippen molar-refractivity contribution in [3.8, 4) is 0 Å². The standard InChI is InChI=1S/C18H23FN4O2/c1-3-16-20-17(25-21-16)12-22(2)18(24)15-5-4-10-23(15)11-13-6-8-14(19)9-7-13/h6-9,15H,3-5,10-12H2,1-2H3/t15-/m0/s1. The first-order valence-electron chi connectivity index (χ1n) is 8.61. The lowest BCUT2D eigenvalue weighted by Crippen LogP contribution is -2.43. The summed E-state index contributed by atoms with van der Waals surface area (Å²) in [7, 11) is 1.76. The van der Waals surface area contributed by atoms with E-state index in [1.807, 2.05) is 6.92 Å². The fraction of sp³-hybridized carbons (Fsp3) is 0.500. The smallest absolute Gasteiger partial charge is 0.246 e. The highest BCUT2D eigenvalue weighted by atomic mass is 19.1. The molecule has 1 aromatic carbocycles. The van der Waals surface area contributed by atoms with Crippen LogP contribution in [0.15, 0.2) is 28.8 Å². The zero-order valence-corrected chi connectivity index (χ0v) is 14.6. The highest BCUT2D eigenvalue weighted by Gasteiger charge is 2.33. The van der Waals surface area contributed by atoms with Gasteiger partial charge in [-0.1, -0.05) is 24.2 Å². The molecule has 2 aromatic rings. The van der Waals surface area contributed by atoms with Crippen molar-refractivity contribution in [2.45, 2.75) is 45.3 Å². The summed E-state index contributed by atoms with van der Waals surface area (Å²) in [5, 5.41) is 3.86. The van der Waals surface area contributed by atoms with Gasteiger partial charge in [-0.25, -0.2) is 4.39 Å². The topological polar surface area (TPSA) is 62.5 Å². The zero-order valence-electron chi connectivity index (χ0n) is 14.6. The van der Waals surface area contributed by atoms with Gasteiger partial charge in [0.15, 0.2) is 5.82 Å². The van der Waals surface area contributed by atoms with E-state index in [-0.39, 0.29) is 17.8 Å². The van der Waals surface area contributed by atoms with Gasteiger partial charge in [-0.15, -0.1) is 0 Å². The summed E-state index contributed by atoms with van der Waals surface area (Å²) in [4.78, 5) is 20.9. The minimum absolute atomic E-state index is 0.0517. The van der Waals surface area contributed by atoms with Gasteiger partial charge in [0.1, 0.15) is 5.82 Å². The van der Waals surface area contributed by atoms with Gasteiger partial charge >= 0.3 is 0 Å². The number of aromatic nitrogens is 2. The Balaban J connectivity index is 1.62. The molecule has 6 nitrogen and oxygen atoms in total.